The molecule has 0 amide bonds. The van der Waals surface area contributed by atoms with E-state index in [-0.39, 0.29) is 6.10 Å². The summed E-state index contributed by atoms with van der Waals surface area (Å²) in [4.78, 5) is 2.67. The van der Waals surface area contributed by atoms with Crippen LogP contribution in [0.25, 0.3) is 0 Å². The second-order valence-electron chi connectivity index (χ2n) is 7.25. The number of nitrogens with one attached hydrogen (secondary N) is 1. The van der Waals surface area contributed by atoms with Gasteiger partial charge in [0.05, 0.1) is 6.10 Å². The van der Waals surface area contributed by atoms with Gasteiger partial charge in [0.2, 0.25) is 0 Å². The van der Waals surface area contributed by atoms with E-state index in [1.807, 2.05) is 0 Å². The van der Waals surface area contributed by atoms with Crippen molar-refractivity contribution in [1.29, 1.82) is 0 Å². The standard InChI is InChI=1S/C16H30N2O/c1-2-17-11-16(7-3-4-8-16)12-18-9-13-5-6-15(19)14(13)10-18/h13-15,17,19H,2-12H2,1H3. The van der Waals surface area contributed by atoms with Crippen molar-refractivity contribution < 1.29 is 5.11 Å². The molecule has 3 fully saturated rings. The first-order valence-electron chi connectivity index (χ1n) is 8.33. The molecule has 19 heavy (non-hydrogen) atoms. The molecular formula is C16H30N2O. The van der Waals surface area contributed by atoms with E-state index in [0.29, 0.717) is 11.3 Å². The third-order valence-corrected chi connectivity index (χ3v) is 5.87. The quantitative estimate of drug-likeness (QED) is 0.797. The fourth-order valence-corrected chi connectivity index (χ4v) is 4.84. The molecule has 0 aromatic carbocycles. The maximum atomic E-state index is 10.0. The predicted molar refractivity (Wildman–Crippen MR) is 78.1 cm³/mol. The third kappa shape index (κ3) is 2.84. The minimum Gasteiger partial charge on any atom is -0.393 e. The molecule has 2 aliphatic carbocycles. The van der Waals surface area contributed by atoms with E-state index in [4.69, 9.17) is 0 Å². The van der Waals surface area contributed by atoms with Crippen LogP contribution < -0.4 is 5.32 Å². The summed E-state index contributed by atoms with van der Waals surface area (Å²) in [5, 5.41) is 13.6. The van der Waals surface area contributed by atoms with E-state index in [1.165, 1.54) is 51.7 Å². The first kappa shape index (κ1) is 13.8. The molecule has 3 heteroatoms. The lowest BCUT2D eigenvalue weighted by Crippen LogP contribution is -2.42. The average Bonchev–Trinajstić information content (AvgIpc) is 3.08. The minimum atomic E-state index is -0.0108. The molecule has 110 valence electrons. The largest absolute Gasteiger partial charge is 0.393 e. The number of aliphatic hydroxyl groups excluding tert-OH is 1. The molecule has 0 bridgehead atoms. The van der Waals surface area contributed by atoms with Crippen LogP contribution in [0.3, 0.4) is 0 Å². The Kier molecular flexibility index (Phi) is 4.16. The number of likely N-dealkylation sites (tertiary alicyclic amines) is 1. The minimum absolute atomic E-state index is 0.0108. The molecule has 3 rings (SSSR count). The number of rotatable bonds is 5. The lowest BCUT2D eigenvalue weighted by molar-refractivity contribution is 0.112. The average molecular weight is 266 g/mol. The fourth-order valence-electron chi connectivity index (χ4n) is 4.84. The summed E-state index contributed by atoms with van der Waals surface area (Å²) in [6.07, 6.45) is 7.91. The number of aliphatic hydroxyl groups is 1. The van der Waals surface area contributed by atoms with Gasteiger partial charge in [0.1, 0.15) is 0 Å². The molecular weight excluding hydrogens is 236 g/mol. The molecule has 3 atom stereocenters. The molecule has 2 N–H and O–H groups in total. The fraction of sp³-hybridized carbons (Fsp3) is 1.00. The SMILES string of the molecule is CCNCC1(CN2CC3CCC(O)C3C2)CCCC1. The van der Waals surface area contributed by atoms with E-state index in [0.717, 1.165) is 25.4 Å². The van der Waals surface area contributed by atoms with Crippen LogP contribution in [-0.4, -0.2) is 48.8 Å². The summed E-state index contributed by atoms with van der Waals surface area (Å²) in [5.41, 5.74) is 0.527. The van der Waals surface area contributed by atoms with Gasteiger partial charge >= 0.3 is 0 Å². The van der Waals surface area contributed by atoms with Crippen molar-refractivity contribution in [2.24, 2.45) is 17.3 Å². The van der Waals surface area contributed by atoms with Crippen LogP contribution >= 0.6 is 0 Å². The van der Waals surface area contributed by atoms with Gasteiger partial charge in [-0.2, -0.15) is 0 Å². The van der Waals surface area contributed by atoms with E-state index in [9.17, 15) is 5.11 Å². The van der Waals surface area contributed by atoms with Gasteiger partial charge in [-0.3, -0.25) is 0 Å². The highest BCUT2D eigenvalue weighted by molar-refractivity contribution is 4.97. The summed E-state index contributed by atoms with van der Waals surface area (Å²) < 4.78 is 0. The zero-order chi connectivity index (χ0) is 13.3. The Labute approximate surface area is 117 Å². The van der Waals surface area contributed by atoms with Crippen LogP contribution in [0, 0.1) is 17.3 Å². The van der Waals surface area contributed by atoms with Gasteiger partial charge in [-0.25, -0.2) is 0 Å². The van der Waals surface area contributed by atoms with Crippen LogP contribution in [0.1, 0.15) is 45.4 Å². The Hall–Kier alpha value is -0.120. The Balaban J connectivity index is 1.58. The van der Waals surface area contributed by atoms with Gasteiger partial charge in [-0.05, 0) is 43.6 Å². The Morgan fingerprint density at radius 2 is 2.00 bits per heavy atom. The smallest absolute Gasteiger partial charge is 0.0583 e. The Bertz CT molecular complexity index is 301. The molecule has 0 aromatic heterocycles. The summed E-state index contributed by atoms with van der Waals surface area (Å²) >= 11 is 0. The van der Waals surface area contributed by atoms with Gasteiger partial charge in [-0.15, -0.1) is 0 Å². The maximum absolute atomic E-state index is 10.0. The van der Waals surface area contributed by atoms with E-state index in [2.05, 4.69) is 17.1 Å². The Morgan fingerprint density at radius 3 is 2.68 bits per heavy atom. The second kappa shape index (κ2) is 5.71. The summed E-state index contributed by atoms with van der Waals surface area (Å²) in [6, 6.07) is 0. The second-order valence-corrected chi connectivity index (χ2v) is 7.25. The van der Waals surface area contributed by atoms with Crippen LogP contribution in [0.15, 0.2) is 0 Å². The van der Waals surface area contributed by atoms with Gasteiger partial charge in [0, 0.05) is 32.1 Å². The molecule has 0 spiro atoms. The Morgan fingerprint density at radius 1 is 1.21 bits per heavy atom. The van der Waals surface area contributed by atoms with Crippen molar-refractivity contribution in [2.75, 3.05) is 32.7 Å². The van der Waals surface area contributed by atoms with Crippen LogP contribution in [0.2, 0.25) is 0 Å². The highest BCUT2D eigenvalue weighted by Gasteiger charge is 2.44. The number of hydrogen-bond donors (Lipinski definition) is 2. The van der Waals surface area contributed by atoms with Gasteiger partial charge in [0.25, 0.3) is 0 Å². The number of nitrogens with zero attached hydrogens (tertiary/aromatic N) is 1. The highest BCUT2D eigenvalue weighted by atomic mass is 16.3. The van der Waals surface area contributed by atoms with Crippen LogP contribution in [-0.2, 0) is 0 Å². The summed E-state index contributed by atoms with van der Waals surface area (Å²) in [5.74, 6) is 1.37. The molecule has 3 aliphatic rings. The molecule has 1 heterocycles. The van der Waals surface area contributed by atoms with Crippen LogP contribution in [0.5, 0.6) is 0 Å². The lowest BCUT2D eigenvalue weighted by atomic mass is 9.85. The van der Waals surface area contributed by atoms with Crippen molar-refractivity contribution in [3.05, 3.63) is 0 Å². The first-order valence-corrected chi connectivity index (χ1v) is 8.33. The van der Waals surface area contributed by atoms with Crippen molar-refractivity contribution in [3.63, 3.8) is 0 Å². The van der Waals surface area contributed by atoms with Crippen molar-refractivity contribution in [1.82, 2.24) is 10.2 Å². The summed E-state index contributed by atoms with van der Waals surface area (Å²) in [7, 11) is 0. The zero-order valence-electron chi connectivity index (χ0n) is 12.4. The van der Waals surface area contributed by atoms with E-state index < -0.39 is 0 Å². The van der Waals surface area contributed by atoms with Crippen molar-refractivity contribution in [2.45, 2.75) is 51.6 Å². The molecule has 0 aromatic rings. The third-order valence-electron chi connectivity index (χ3n) is 5.87. The molecule has 2 saturated carbocycles. The van der Waals surface area contributed by atoms with Gasteiger partial charge in [-0.1, -0.05) is 19.8 Å². The first-order chi connectivity index (χ1) is 9.22. The van der Waals surface area contributed by atoms with Gasteiger partial charge in [0.15, 0.2) is 0 Å². The number of hydrogen-bond acceptors (Lipinski definition) is 3. The maximum Gasteiger partial charge on any atom is 0.0583 e. The van der Waals surface area contributed by atoms with Crippen molar-refractivity contribution >= 4 is 0 Å². The number of fused-ring (bicyclic) bond motifs is 1. The summed E-state index contributed by atoms with van der Waals surface area (Å²) in [6.45, 7) is 8.15. The topological polar surface area (TPSA) is 35.5 Å². The molecule has 0 radical (unpaired) electrons. The normalized spacial score (nSPS) is 37.9. The van der Waals surface area contributed by atoms with E-state index in [1.54, 1.807) is 0 Å². The molecule has 3 nitrogen and oxygen atoms in total. The van der Waals surface area contributed by atoms with Gasteiger partial charge < -0.3 is 15.3 Å². The molecule has 3 unspecified atom stereocenters. The monoisotopic (exact) mass is 266 g/mol. The molecule has 1 aliphatic heterocycles. The van der Waals surface area contributed by atoms with Crippen LogP contribution in [0.4, 0.5) is 0 Å². The zero-order valence-corrected chi connectivity index (χ0v) is 12.4. The van der Waals surface area contributed by atoms with Crippen molar-refractivity contribution in [3.8, 4) is 0 Å². The predicted octanol–water partition coefficient (Wildman–Crippen LogP) is 1.86. The highest BCUT2D eigenvalue weighted by Crippen LogP contribution is 2.43. The molecule has 1 saturated heterocycles. The van der Waals surface area contributed by atoms with E-state index >= 15 is 0 Å². The lowest BCUT2D eigenvalue weighted by Gasteiger charge is -2.34.